The number of para-hydroxylation sites is 1. The molecule has 1 heterocycles. The maximum Gasteiger partial charge on any atom is 0.338 e. The summed E-state index contributed by atoms with van der Waals surface area (Å²) in [5.74, 6) is -2.46. The van der Waals surface area contributed by atoms with E-state index in [0.717, 1.165) is 4.90 Å². The molecule has 1 aromatic heterocycles. The molecule has 21 heavy (non-hydrogen) atoms. The summed E-state index contributed by atoms with van der Waals surface area (Å²) in [5.41, 5.74) is -0.334. The quantitative estimate of drug-likeness (QED) is 0.938. The fourth-order valence-corrected chi connectivity index (χ4v) is 1.97. The Bertz CT molecular complexity index is 688. The van der Waals surface area contributed by atoms with Gasteiger partial charge < -0.3 is 10.0 Å². The molecule has 2 aromatic rings. The average molecular weight is 288 g/mol. The van der Waals surface area contributed by atoms with Crippen molar-refractivity contribution in [1.82, 2.24) is 4.98 Å². The third-order valence-electron chi connectivity index (χ3n) is 2.95. The van der Waals surface area contributed by atoms with Gasteiger partial charge >= 0.3 is 5.97 Å². The number of hydrogen-bond donors (Lipinski definition) is 1. The molecule has 6 heteroatoms. The number of nitrogens with zero attached hydrogens (tertiary/aromatic N) is 2. The number of carboxylic acids is 1. The van der Waals surface area contributed by atoms with Crippen molar-refractivity contribution >= 4 is 17.6 Å². The molecule has 1 aromatic carbocycles. The highest BCUT2D eigenvalue weighted by molar-refractivity contribution is 6.10. The predicted octanol–water partition coefficient (Wildman–Crippen LogP) is 2.59. The van der Waals surface area contributed by atoms with Gasteiger partial charge in [-0.05, 0) is 31.2 Å². The van der Waals surface area contributed by atoms with Gasteiger partial charge in [-0.25, -0.2) is 9.18 Å². The number of halogens is 1. The maximum atomic E-state index is 13.8. The van der Waals surface area contributed by atoms with Gasteiger partial charge in [-0.1, -0.05) is 12.1 Å². The molecule has 0 aliphatic rings. The number of carbonyl (C=O) groups is 2. The van der Waals surface area contributed by atoms with Crippen LogP contribution in [-0.2, 0) is 0 Å². The summed E-state index contributed by atoms with van der Waals surface area (Å²) in [7, 11) is 0. The number of benzene rings is 1. The van der Waals surface area contributed by atoms with E-state index >= 15 is 0 Å². The number of carbonyl (C=O) groups excluding carboxylic acids is 1. The number of aromatic nitrogens is 1. The van der Waals surface area contributed by atoms with E-state index in [0.29, 0.717) is 0 Å². The third-order valence-corrected chi connectivity index (χ3v) is 2.95. The first-order valence-electron chi connectivity index (χ1n) is 6.31. The number of anilines is 1. The summed E-state index contributed by atoms with van der Waals surface area (Å²) in [5, 5.41) is 9.11. The lowest BCUT2D eigenvalue weighted by molar-refractivity contribution is 0.0691. The minimum atomic E-state index is -1.25. The normalized spacial score (nSPS) is 10.2. The van der Waals surface area contributed by atoms with Crippen molar-refractivity contribution in [2.24, 2.45) is 0 Å². The molecule has 0 atom stereocenters. The molecule has 0 fully saturated rings. The van der Waals surface area contributed by atoms with Crippen LogP contribution in [0.3, 0.4) is 0 Å². The van der Waals surface area contributed by atoms with Gasteiger partial charge in [0.25, 0.3) is 5.91 Å². The lowest BCUT2D eigenvalue weighted by Gasteiger charge is -2.21. The van der Waals surface area contributed by atoms with Crippen molar-refractivity contribution in [3.63, 3.8) is 0 Å². The summed E-state index contributed by atoms with van der Waals surface area (Å²) >= 11 is 0. The first kappa shape index (κ1) is 14.6. The maximum absolute atomic E-state index is 13.8. The van der Waals surface area contributed by atoms with Crippen LogP contribution < -0.4 is 4.90 Å². The van der Waals surface area contributed by atoms with Gasteiger partial charge in [0.15, 0.2) is 0 Å². The predicted molar refractivity (Wildman–Crippen MR) is 74.9 cm³/mol. The van der Waals surface area contributed by atoms with Gasteiger partial charge in [-0.3, -0.25) is 9.78 Å². The third kappa shape index (κ3) is 2.89. The second-order valence-corrected chi connectivity index (χ2v) is 4.21. The molecule has 2 rings (SSSR count). The van der Waals surface area contributed by atoms with E-state index in [9.17, 15) is 14.0 Å². The molecule has 0 aliphatic heterocycles. The van der Waals surface area contributed by atoms with Crippen molar-refractivity contribution in [3.8, 4) is 0 Å². The van der Waals surface area contributed by atoms with Gasteiger partial charge in [0.05, 0.1) is 11.3 Å². The Labute approximate surface area is 120 Å². The number of carboxylic acid groups (broad SMARTS) is 1. The van der Waals surface area contributed by atoms with Crippen LogP contribution in [0.5, 0.6) is 0 Å². The molecule has 0 radical (unpaired) electrons. The Morgan fingerprint density at radius 3 is 2.57 bits per heavy atom. The number of aromatic carboxylic acids is 1. The smallest absolute Gasteiger partial charge is 0.338 e. The second kappa shape index (κ2) is 6.13. The van der Waals surface area contributed by atoms with Crippen molar-refractivity contribution in [1.29, 1.82) is 0 Å². The first-order valence-corrected chi connectivity index (χ1v) is 6.31. The van der Waals surface area contributed by atoms with Gasteiger partial charge in [0.2, 0.25) is 0 Å². The number of rotatable bonds is 4. The first-order chi connectivity index (χ1) is 10.1. The van der Waals surface area contributed by atoms with Gasteiger partial charge in [0.1, 0.15) is 11.5 Å². The molecule has 0 saturated heterocycles. The molecule has 0 unspecified atom stereocenters. The molecule has 0 aliphatic carbocycles. The summed E-state index contributed by atoms with van der Waals surface area (Å²) < 4.78 is 13.8. The lowest BCUT2D eigenvalue weighted by Crippen LogP contribution is -2.33. The Balaban J connectivity index is 2.47. The minimum absolute atomic E-state index is 0.0898. The Kier molecular flexibility index (Phi) is 4.27. The van der Waals surface area contributed by atoms with E-state index in [-0.39, 0.29) is 23.5 Å². The number of pyridine rings is 1. The Morgan fingerprint density at radius 2 is 1.95 bits per heavy atom. The topological polar surface area (TPSA) is 70.5 Å². The van der Waals surface area contributed by atoms with Crippen molar-refractivity contribution in [2.75, 3.05) is 11.4 Å². The van der Waals surface area contributed by atoms with E-state index in [4.69, 9.17) is 5.11 Å². The molecular weight excluding hydrogens is 275 g/mol. The van der Waals surface area contributed by atoms with E-state index in [1.54, 1.807) is 13.0 Å². The van der Waals surface area contributed by atoms with Gasteiger partial charge in [-0.15, -0.1) is 0 Å². The van der Waals surface area contributed by atoms with Crippen LogP contribution in [0.15, 0.2) is 42.6 Å². The van der Waals surface area contributed by atoms with Crippen LogP contribution in [0.4, 0.5) is 10.1 Å². The van der Waals surface area contributed by atoms with Crippen molar-refractivity contribution < 1.29 is 19.1 Å². The molecule has 0 saturated carbocycles. The van der Waals surface area contributed by atoms with Crippen LogP contribution in [0.1, 0.15) is 27.8 Å². The summed E-state index contributed by atoms with van der Waals surface area (Å²) in [6, 6.07) is 8.53. The highest BCUT2D eigenvalue weighted by Gasteiger charge is 2.24. The summed E-state index contributed by atoms with van der Waals surface area (Å²) in [4.78, 5) is 28.6. The van der Waals surface area contributed by atoms with Crippen LogP contribution in [-0.4, -0.2) is 28.5 Å². The van der Waals surface area contributed by atoms with Gasteiger partial charge in [0, 0.05) is 12.7 Å². The number of hydrogen-bond acceptors (Lipinski definition) is 3. The fraction of sp³-hybridized carbons (Fsp3) is 0.133. The summed E-state index contributed by atoms with van der Waals surface area (Å²) in [6.45, 7) is 1.86. The summed E-state index contributed by atoms with van der Waals surface area (Å²) in [6.07, 6.45) is 1.33. The van der Waals surface area contributed by atoms with E-state index in [1.807, 2.05) is 0 Å². The fourth-order valence-electron chi connectivity index (χ4n) is 1.97. The highest BCUT2D eigenvalue weighted by Crippen LogP contribution is 2.21. The molecule has 0 spiro atoms. The standard InChI is InChI=1S/C15H13FN2O3/c1-2-18(12-8-4-3-7-11(12)16)14(19)13-10(15(20)21)6-5-9-17-13/h3-9H,2H2,1H3,(H,20,21). The molecule has 0 bridgehead atoms. The Hall–Kier alpha value is -2.76. The molecule has 1 amide bonds. The minimum Gasteiger partial charge on any atom is -0.478 e. The SMILES string of the molecule is CCN(C(=O)c1ncccc1C(=O)O)c1ccccc1F. The van der Waals surface area contributed by atoms with Crippen LogP contribution >= 0.6 is 0 Å². The molecule has 1 N–H and O–H groups in total. The zero-order valence-electron chi connectivity index (χ0n) is 11.3. The van der Waals surface area contributed by atoms with Gasteiger partial charge in [-0.2, -0.15) is 0 Å². The molecular formula is C15H13FN2O3. The second-order valence-electron chi connectivity index (χ2n) is 4.21. The zero-order valence-corrected chi connectivity index (χ0v) is 11.3. The van der Waals surface area contributed by atoms with E-state index in [2.05, 4.69) is 4.98 Å². The highest BCUT2D eigenvalue weighted by atomic mass is 19.1. The van der Waals surface area contributed by atoms with Crippen LogP contribution in [0.25, 0.3) is 0 Å². The van der Waals surface area contributed by atoms with E-state index in [1.165, 1.54) is 36.5 Å². The monoisotopic (exact) mass is 288 g/mol. The zero-order chi connectivity index (χ0) is 15.4. The van der Waals surface area contributed by atoms with Crippen molar-refractivity contribution in [2.45, 2.75) is 6.92 Å². The molecule has 5 nitrogen and oxygen atoms in total. The van der Waals surface area contributed by atoms with Crippen LogP contribution in [0.2, 0.25) is 0 Å². The number of amides is 1. The lowest BCUT2D eigenvalue weighted by atomic mass is 10.1. The van der Waals surface area contributed by atoms with Crippen LogP contribution in [0, 0.1) is 5.82 Å². The Morgan fingerprint density at radius 1 is 1.24 bits per heavy atom. The van der Waals surface area contributed by atoms with Crippen molar-refractivity contribution in [3.05, 3.63) is 59.7 Å². The van der Waals surface area contributed by atoms with E-state index < -0.39 is 17.7 Å². The average Bonchev–Trinajstić information content (AvgIpc) is 2.49. The molecule has 108 valence electrons. The largest absolute Gasteiger partial charge is 0.478 e.